The molecule has 11 heteroatoms. The number of para-hydroxylation sites is 2. The van der Waals surface area contributed by atoms with Gasteiger partial charge in [-0.1, -0.05) is 104 Å². The second-order valence-electron chi connectivity index (χ2n) is 12.4. The molecular weight excluding hydrogens is 639 g/mol. The van der Waals surface area contributed by atoms with Crippen molar-refractivity contribution in [3.8, 4) is 5.75 Å². The molecule has 0 radical (unpaired) electrons. The maximum atomic E-state index is 13.5. The summed E-state index contributed by atoms with van der Waals surface area (Å²) in [5.74, 6) is -0.405. The minimum absolute atomic E-state index is 0. The Labute approximate surface area is 295 Å². The van der Waals surface area contributed by atoms with E-state index in [4.69, 9.17) is 4.84 Å². The van der Waals surface area contributed by atoms with E-state index in [1.807, 2.05) is 78.9 Å². The van der Waals surface area contributed by atoms with E-state index in [1.54, 1.807) is 17.0 Å². The molecule has 2 heterocycles. The van der Waals surface area contributed by atoms with E-state index in [2.05, 4.69) is 34.1 Å². The molecule has 6 rings (SSSR count). The van der Waals surface area contributed by atoms with Gasteiger partial charge < -0.3 is 25.4 Å². The van der Waals surface area contributed by atoms with Crippen LogP contribution in [0.5, 0.6) is 5.75 Å². The zero-order valence-electron chi connectivity index (χ0n) is 27.9. The van der Waals surface area contributed by atoms with Crippen molar-refractivity contribution in [2.75, 3.05) is 13.1 Å². The number of unbranched alkanes of at least 4 members (excludes halogenated alkanes) is 3. The maximum absolute atomic E-state index is 13.5. The summed E-state index contributed by atoms with van der Waals surface area (Å²) in [6, 6.07) is 25.9. The van der Waals surface area contributed by atoms with E-state index in [0.717, 1.165) is 47.9 Å². The number of nitrogens with zero attached hydrogens (tertiary/aromatic N) is 1. The summed E-state index contributed by atoms with van der Waals surface area (Å²) < 4.78 is 1.02. The topological polar surface area (TPSA) is 133 Å². The summed E-state index contributed by atoms with van der Waals surface area (Å²) in [6.45, 7) is 3.42. The lowest BCUT2D eigenvalue weighted by molar-refractivity contribution is -0.140. The zero-order chi connectivity index (χ0) is 34.5. The number of aromatic nitrogens is 1. The molecule has 2 fully saturated rings. The van der Waals surface area contributed by atoms with Gasteiger partial charge >= 0.3 is 4.87 Å². The number of carbonyl (C=O) groups excluding carboxylic acids is 3. The van der Waals surface area contributed by atoms with Crippen molar-refractivity contribution in [2.45, 2.75) is 70.0 Å². The monoisotopic (exact) mass is 689 g/mol. The first kappa shape index (κ1) is 35.6. The molecule has 49 heavy (non-hydrogen) atoms. The molecule has 3 aromatic carbocycles. The van der Waals surface area contributed by atoms with Crippen LogP contribution in [0.4, 0.5) is 0 Å². The summed E-state index contributed by atoms with van der Waals surface area (Å²) in [5.41, 5.74) is 3.47. The number of rotatable bonds is 14. The number of allylic oxidation sites excluding steroid dienone is 1. The van der Waals surface area contributed by atoms with Gasteiger partial charge in [0, 0.05) is 23.3 Å². The predicted molar refractivity (Wildman–Crippen MR) is 199 cm³/mol. The number of aromatic amines is 1. The van der Waals surface area contributed by atoms with E-state index in [9.17, 15) is 19.2 Å². The second kappa shape index (κ2) is 17.6. The second-order valence-corrected chi connectivity index (χ2v) is 13.4. The molecule has 3 atom stereocenters. The highest BCUT2D eigenvalue weighted by atomic mass is 32.1. The normalized spacial score (nSPS) is 19.7. The van der Waals surface area contributed by atoms with Gasteiger partial charge in [-0.05, 0) is 61.9 Å². The number of carbonyl (C=O) groups is 3. The van der Waals surface area contributed by atoms with Gasteiger partial charge in [0.1, 0.15) is 11.6 Å². The number of hydrogen-bond donors (Lipinski definition) is 4. The molecule has 0 bridgehead atoms. The highest BCUT2D eigenvalue weighted by Crippen LogP contribution is 2.45. The first-order valence-corrected chi connectivity index (χ1v) is 17.8. The van der Waals surface area contributed by atoms with Crippen LogP contribution in [-0.4, -0.2) is 52.3 Å². The summed E-state index contributed by atoms with van der Waals surface area (Å²) in [7, 11) is 0. The number of thiazole rings is 1. The number of amides is 3. The molecular formula is C38H51N5O5S. The Morgan fingerprint density at radius 2 is 1.76 bits per heavy atom. The van der Waals surface area contributed by atoms with Gasteiger partial charge in [-0.3, -0.25) is 19.2 Å². The SMILES string of the molecule is CCCCC/C=C\[C@@H]1C[C@]1(NC(=O)[C@@H]1CCCN1C(=O)CNCc1ccccc1)C(=O)NOc1ccccc1.O=c1[nH]c2ccccc2s1.[HH].[HH].[HH]. The minimum Gasteiger partial charge on any atom is -0.379 e. The van der Waals surface area contributed by atoms with E-state index >= 15 is 0 Å². The van der Waals surface area contributed by atoms with Crippen LogP contribution >= 0.6 is 11.3 Å². The fraction of sp³-hybridized carbons (Fsp3) is 0.368. The number of hydrogen-bond acceptors (Lipinski definition) is 7. The van der Waals surface area contributed by atoms with Crippen molar-refractivity contribution in [1.29, 1.82) is 0 Å². The molecule has 1 aromatic heterocycles. The molecule has 0 spiro atoms. The van der Waals surface area contributed by atoms with Gasteiger partial charge in [0.15, 0.2) is 5.75 Å². The number of H-pyrrole nitrogens is 1. The Bertz CT molecular complexity index is 1740. The molecule has 3 amide bonds. The minimum atomic E-state index is -1.09. The third-order valence-corrected chi connectivity index (χ3v) is 9.63. The average molecular weight is 690 g/mol. The van der Waals surface area contributed by atoms with Crippen LogP contribution in [0.2, 0.25) is 0 Å². The summed E-state index contributed by atoms with van der Waals surface area (Å²) in [6.07, 6.45) is 10.3. The number of hydroxylamine groups is 1. The highest BCUT2D eigenvalue weighted by molar-refractivity contribution is 7.16. The van der Waals surface area contributed by atoms with Crippen molar-refractivity contribution in [3.63, 3.8) is 0 Å². The Morgan fingerprint density at radius 3 is 2.51 bits per heavy atom. The quantitative estimate of drug-likeness (QED) is 0.0707. The fourth-order valence-corrected chi connectivity index (χ4v) is 6.72. The van der Waals surface area contributed by atoms with Crippen molar-refractivity contribution in [1.82, 2.24) is 26.0 Å². The van der Waals surface area contributed by atoms with Crippen molar-refractivity contribution < 1.29 is 23.5 Å². The first-order valence-electron chi connectivity index (χ1n) is 17.0. The molecule has 1 aliphatic carbocycles. The Morgan fingerprint density at radius 1 is 1.02 bits per heavy atom. The molecule has 0 unspecified atom stereocenters. The number of benzene rings is 3. The predicted octanol–water partition coefficient (Wildman–Crippen LogP) is 6.22. The number of fused-ring (bicyclic) bond motifs is 1. The molecule has 10 nitrogen and oxygen atoms in total. The van der Waals surface area contributed by atoms with Crippen molar-refractivity contribution in [2.24, 2.45) is 5.92 Å². The fourth-order valence-electron chi connectivity index (χ4n) is 5.99. The summed E-state index contributed by atoms with van der Waals surface area (Å²) in [4.78, 5) is 60.4. The van der Waals surface area contributed by atoms with Gasteiger partial charge in [-0.25, -0.2) is 0 Å². The summed E-state index contributed by atoms with van der Waals surface area (Å²) >= 11 is 1.24. The van der Waals surface area contributed by atoms with Crippen LogP contribution in [0.1, 0.15) is 61.7 Å². The van der Waals surface area contributed by atoms with Crippen molar-refractivity contribution >= 4 is 39.3 Å². The van der Waals surface area contributed by atoms with Gasteiger partial charge in [0.25, 0.3) is 5.91 Å². The molecule has 1 aliphatic heterocycles. The first-order chi connectivity index (χ1) is 23.9. The molecule has 2 aliphatic rings. The third kappa shape index (κ3) is 9.90. The van der Waals surface area contributed by atoms with Gasteiger partial charge in [-0.2, -0.15) is 5.48 Å². The van der Waals surface area contributed by atoms with Gasteiger partial charge in [-0.15, -0.1) is 0 Å². The zero-order valence-corrected chi connectivity index (χ0v) is 28.7. The van der Waals surface area contributed by atoms with Gasteiger partial charge in [0.05, 0.1) is 16.8 Å². The standard InChI is InChI=1S/C31H40N4O4.C7H5NOS.3H2/c1-2-3-4-5-10-16-25-21-31(25,30(38)34-39-26-17-11-7-12-18-26)33-29(37)27-19-13-20-35(27)28(36)23-32-22-24-14-8-6-9-15-24;9-7-8-5-3-1-2-4-6(5)10-7;;;/h6-12,14-18,25,27,32H,2-5,13,19-23H2,1H3,(H,33,37)(H,34,38);1-4H,(H,8,9);3*1H/b16-10-;;;;/t25-,27+,31-;;;;/m1..../s1. The summed E-state index contributed by atoms with van der Waals surface area (Å²) in [5, 5.41) is 6.20. The Kier molecular flexibility index (Phi) is 12.8. The number of nitrogens with one attached hydrogen (secondary N) is 4. The maximum Gasteiger partial charge on any atom is 0.305 e. The van der Waals surface area contributed by atoms with Crippen LogP contribution in [0.3, 0.4) is 0 Å². The van der Waals surface area contributed by atoms with E-state index < -0.39 is 11.6 Å². The molecule has 264 valence electrons. The van der Waals surface area contributed by atoms with Crippen LogP contribution < -0.4 is 25.8 Å². The average Bonchev–Trinajstić information content (AvgIpc) is 3.41. The van der Waals surface area contributed by atoms with Crippen LogP contribution in [0.15, 0.2) is 102 Å². The van der Waals surface area contributed by atoms with Crippen LogP contribution in [0.25, 0.3) is 10.2 Å². The molecule has 4 aromatic rings. The van der Waals surface area contributed by atoms with Crippen LogP contribution in [-0.2, 0) is 20.9 Å². The lowest BCUT2D eigenvalue weighted by atomic mass is 10.1. The molecule has 1 saturated heterocycles. The van der Waals surface area contributed by atoms with Crippen molar-refractivity contribution in [3.05, 3.63) is 112 Å². The molecule has 1 saturated carbocycles. The van der Waals surface area contributed by atoms with Crippen LogP contribution in [0, 0.1) is 5.92 Å². The van der Waals surface area contributed by atoms with Gasteiger partial charge in [0.2, 0.25) is 11.8 Å². The Balaban J connectivity index is 0.000000617. The highest BCUT2D eigenvalue weighted by Gasteiger charge is 2.61. The molecule has 4 N–H and O–H groups in total. The Hall–Kier alpha value is -4.74. The van der Waals surface area contributed by atoms with E-state index in [0.29, 0.717) is 31.7 Å². The number of likely N-dealkylation sites (tertiary alicyclic amines) is 1. The third-order valence-electron chi connectivity index (χ3n) is 8.76. The largest absolute Gasteiger partial charge is 0.379 e. The lowest BCUT2D eigenvalue weighted by Gasteiger charge is -2.27. The van der Waals surface area contributed by atoms with E-state index in [1.165, 1.54) is 11.3 Å². The smallest absolute Gasteiger partial charge is 0.305 e. The van der Waals surface area contributed by atoms with E-state index in [-0.39, 0.29) is 39.3 Å². The lowest BCUT2D eigenvalue weighted by Crippen LogP contribution is -2.56.